The summed E-state index contributed by atoms with van der Waals surface area (Å²) in [5, 5.41) is 23.9. The second-order valence-corrected chi connectivity index (χ2v) is 9.54. The molecule has 14 nitrogen and oxygen atoms in total. The number of anilines is 1. The van der Waals surface area contributed by atoms with Crippen molar-refractivity contribution in [2.45, 2.75) is 16.6 Å². The first-order chi connectivity index (χ1) is 15.8. The van der Waals surface area contributed by atoms with Crippen molar-refractivity contribution in [2.75, 3.05) is 24.3 Å². The molecule has 33 heavy (non-hydrogen) atoms. The van der Waals surface area contributed by atoms with Crippen LogP contribution in [0.15, 0.2) is 27.9 Å². The predicted octanol–water partition coefficient (Wildman–Crippen LogP) is -0.870. The number of aryl methyl sites for hydroxylation is 1. The molecule has 4 heterocycles. The zero-order chi connectivity index (χ0) is 23.7. The molecule has 4 N–H and O–H groups in total. The van der Waals surface area contributed by atoms with Gasteiger partial charge in [-0.05, 0) is 5.57 Å². The van der Waals surface area contributed by atoms with Crippen LogP contribution in [0.1, 0.15) is 5.82 Å². The number of nitrogens with two attached hydrogens (primary N) is 1. The normalized spacial score (nSPS) is 20.4. The predicted molar refractivity (Wildman–Crippen MR) is 119 cm³/mol. The molecular weight excluding hydrogens is 494 g/mol. The van der Waals surface area contributed by atoms with Crippen molar-refractivity contribution < 1.29 is 24.3 Å². The molecule has 4 rings (SSSR count). The molecule has 2 atom stereocenters. The number of carboxylic acids is 1. The number of aliphatic carboxylic acids is 1. The fourth-order valence-corrected chi connectivity index (χ4v) is 5.97. The number of hydrogen-bond acceptors (Lipinski definition) is 13. The average Bonchev–Trinajstić information content (AvgIpc) is 3.40. The zero-order valence-electron chi connectivity index (χ0n) is 17.2. The quantitative estimate of drug-likeness (QED) is 0.172. The van der Waals surface area contributed by atoms with Crippen LogP contribution in [0.3, 0.4) is 0 Å². The Kier molecular flexibility index (Phi) is 6.52. The summed E-state index contributed by atoms with van der Waals surface area (Å²) in [5.41, 5.74) is 5.82. The van der Waals surface area contributed by atoms with Crippen molar-refractivity contribution in [2.24, 2.45) is 12.2 Å². The maximum absolute atomic E-state index is 12.8. The number of oxime groups is 1. The summed E-state index contributed by atoms with van der Waals surface area (Å²) in [5.74, 6) is -1.83. The molecule has 174 valence electrons. The second-order valence-electron chi connectivity index (χ2n) is 6.71. The number of fused-ring (bicyclic) bond motifs is 1. The van der Waals surface area contributed by atoms with E-state index in [9.17, 15) is 19.5 Å². The van der Waals surface area contributed by atoms with E-state index in [0.717, 1.165) is 11.5 Å². The number of nitrogens with one attached hydrogen (secondary N) is 1. The molecule has 17 heteroatoms. The van der Waals surface area contributed by atoms with Gasteiger partial charge in [-0.1, -0.05) is 16.9 Å². The van der Waals surface area contributed by atoms with Crippen molar-refractivity contribution in [3.8, 4) is 0 Å². The molecule has 1 saturated heterocycles. The van der Waals surface area contributed by atoms with E-state index >= 15 is 0 Å². The number of carbonyl (C=O) groups is 3. The summed E-state index contributed by atoms with van der Waals surface area (Å²) in [6.07, 6.45) is 1.54. The van der Waals surface area contributed by atoms with E-state index in [1.165, 1.54) is 35.5 Å². The molecule has 0 radical (unpaired) electrons. The first kappa shape index (κ1) is 23.0. The third kappa shape index (κ3) is 4.38. The van der Waals surface area contributed by atoms with E-state index < -0.39 is 29.2 Å². The number of carboxylic acid groups (broad SMARTS) is 1. The zero-order valence-corrected chi connectivity index (χ0v) is 19.6. The molecule has 2 aromatic heterocycles. The molecule has 2 amide bonds. The summed E-state index contributed by atoms with van der Waals surface area (Å²) in [6, 6.07) is -0.942. The van der Waals surface area contributed by atoms with Crippen molar-refractivity contribution in [3.63, 3.8) is 0 Å². The van der Waals surface area contributed by atoms with Gasteiger partial charge in [-0.25, -0.2) is 4.79 Å². The van der Waals surface area contributed by atoms with Gasteiger partial charge >= 0.3 is 5.97 Å². The largest absolute Gasteiger partial charge is 0.477 e. The lowest BCUT2D eigenvalue weighted by Gasteiger charge is -2.49. The molecule has 2 aliphatic rings. The average molecular weight is 512 g/mol. The topological polar surface area (TPSA) is 191 Å². The molecular formula is C16H17N9O5S3. The lowest BCUT2D eigenvalue weighted by atomic mass is 10.0. The molecule has 2 aliphatic heterocycles. The molecule has 2 aromatic rings. The van der Waals surface area contributed by atoms with Crippen LogP contribution in [-0.4, -0.2) is 87.7 Å². The smallest absolute Gasteiger partial charge is 0.352 e. The fraction of sp³-hybridized carbons (Fsp3) is 0.375. The highest BCUT2D eigenvalue weighted by Gasteiger charge is 2.54. The Hall–Kier alpha value is -3.18. The van der Waals surface area contributed by atoms with Gasteiger partial charge in [-0.15, -0.1) is 22.0 Å². The van der Waals surface area contributed by atoms with E-state index in [1.54, 1.807) is 17.9 Å². The van der Waals surface area contributed by atoms with Crippen molar-refractivity contribution >= 4 is 63.7 Å². The Bertz CT molecular complexity index is 1180. The number of rotatable bonds is 8. The molecule has 0 aliphatic carbocycles. The van der Waals surface area contributed by atoms with E-state index in [1.807, 2.05) is 0 Å². The number of nitrogen functional groups attached to an aromatic ring is 1. The Morgan fingerprint density at radius 3 is 2.88 bits per heavy atom. The van der Waals surface area contributed by atoms with Crippen LogP contribution in [-0.2, 0) is 26.3 Å². The van der Waals surface area contributed by atoms with Gasteiger partial charge in [-0.3, -0.25) is 14.5 Å². The third-order valence-corrected chi connectivity index (χ3v) is 7.64. The summed E-state index contributed by atoms with van der Waals surface area (Å²) in [7, 11) is 3.03. The van der Waals surface area contributed by atoms with Crippen molar-refractivity contribution in [3.05, 3.63) is 23.4 Å². The first-order valence-corrected chi connectivity index (χ1v) is 12.0. The highest BCUT2D eigenvalue weighted by atomic mass is 32.2. The van der Waals surface area contributed by atoms with Gasteiger partial charge in [0.1, 0.15) is 30.5 Å². The van der Waals surface area contributed by atoms with E-state index in [-0.39, 0.29) is 22.4 Å². The Morgan fingerprint density at radius 2 is 2.27 bits per heavy atom. The van der Waals surface area contributed by atoms with Gasteiger partial charge in [0.05, 0.1) is 0 Å². The SMILES string of the molecule is CON=C(C(=O)NC1C(=O)N2C(C(=O)O)=C(CSc3nncn3C)CS[C@@H]12)c1nsc(N)n1. The van der Waals surface area contributed by atoms with Crippen LogP contribution in [0, 0.1) is 0 Å². The Morgan fingerprint density at radius 1 is 1.48 bits per heavy atom. The number of hydrogen-bond donors (Lipinski definition) is 3. The molecule has 0 bridgehead atoms. The second kappa shape index (κ2) is 9.36. The lowest BCUT2D eigenvalue weighted by Crippen LogP contribution is -2.71. The minimum atomic E-state index is -1.21. The van der Waals surface area contributed by atoms with Crippen LogP contribution < -0.4 is 11.1 Å². The maximum atomic E-state index is 12.8. The minimum Gasteiger partial charge on any atom is -0.477 e. The van der Waals surface area contributed by atoms with E-state index in [4.69, 9.17) is 10.6 Å². The fourth-order valence-electron chi connectivity index (χ4n) is 3.17. The molecule has 1 unspecified atom stereocenters. The van der Waals surface area contributed by atoms with Crippen LogP contribution in [0.25, 0.3) is 0 Å². The van der Waals surface area contributed by atoms with Crippen LogP contribution in [0.2, 0.25) is 0 Å². The van der Waals surface area contributed by atoms with Gasteiger partial charge in [-0.2, -0.15) is 9.36 Å². The summed E-state index contributed by atoms with van der Waals surface area (Å²) < 4.78 is 5.65. The number of β-lactam (4-membered cyclic amide) rings is 1. The third-order valence-electron chi connectivity index (χ3n) is 4.63. The maximum Gasteiger partial charge on any atom is 0.352 e. The lowest BCUT2D eigenvalue weighted by molar-refractivity contribution is -0.150. The summed E-state index contributed by atoms with van der Waals surface area (Å²) in [6.45, 7) is 0. The van der Waals surface area contributed by atoms with Gasteiger partial charge < -0.3 is 25.6 Å². The number of thioether (sulfide) groups is 2. The van der Waals surface area contributed by atoms with Crippen molar-refractivity contribution in [1.82, 2.24) is 34.3 Å². The van der Waals surface area contributed by atoms with E-state index in [0.29, 0.717) is 22.2 Å². The highest BCUT2D eigenvalue weighted by Crippen LogP contribution is 2.41. The molecule has 1 fully saturated rings. The van der Waals surface area contributed by atoms with Gasteiger partial charge in [0.15, 0.2) is 10.3 Å². The van der Waals surface area contributed by atoms with Gasteiger partial charge in [0.2, 0.25) is 11.5 Å². The minimum absolute atomic E-state index is 0.0361. The summed E-state index contributed by atoms with van der Waals surface area (Å²) >= 11 is 3.56. The molecule has 0 spiro atoms. The Balaban J connectivity index is 1.49. The number of nitrogens with zero attached hydrogens (tertiary/aromatic N) is 7. The van der Waals surface area contributed by atoms with Crippen molar-refractivity contribution in [1.29, 1.82) is 0 Å². The Labute approximate surface area is 198 Å². The van der Waals surface area contributed by atoms with Crippen LogP contribution in [0.4, 0.5) is 5.13 Å². The number of aromatic nitrogens is 5. The van der Waals surface area contributed by atoms with Crippen LogP contribution in [0.5, 0.6) is 0 Å². The number of carbonyl (C=O) groups excluding carboxylic acids is 2. The first-order valence-electron chi connectivity index (χ1n) is 9.20. The molecule has 0 aromatic carbocycles. The van der Waals surface area contributed by atoms with Gasteiger partial charge in [0, 0.05) is 30.1 Å². The monoisotopic (exact) mass is 511 g/mol. The number of amides is 2. The van der Waals surface area contributed by atoms with Crippen LogP contribution >= 0.6 is 35.1 Å². The molecule has 0 saturated carbocycles. The standard InChI is InChI=1S/C16H17N9O5S3/c1-24-5-18-21-16(24)32-4-6-3-31-13-8(12(27)25(13)9(6)14(28)29)19-11(26)7(22-30-2)10-20-15(17)33-23-10/h5,8,13H,3-4H2,1-2H3,(H,19,26)(H,28,29)(H2,17,20,23)/t8?,13-/m0/s1. The summed E-state index contributed by atoms with van der Waals surface area (Å²) in [4.78, 5) is 47.4. The van der Waals surface area contributed by atoms with E-state index in [2.05, 4.69) is 30.0 Å². The highest BCUT2D eigenvalue weighted by molar-refractivity contribution is 8.01. The van der Waals surface area contributed by atoms with Gasteiger partial charge in [0.25, 0.3) is 11.8 Å².